The van der Waals surface area contributed by atoms with Crippen LogP contribution in [-0.2, 0) is 9.47 Å². The van der Waals surface area contributed by atoms with E-state index in [1.165, 1.54) is 12.8 Å². The standard InChI is InChI=1S/C14H22O2/c1-8-9-6-10-11(13(10,2)3)7-14(9,4)16-12(8)15-5/h9-12H,1,6-7H2,2-5H3/t9?,10-,11+,12?,14-/m0/s1. The van der Waals surface area contributed by atoms with Crippen LogP contribution < -0.4 is 0 Å². The average Bonchev–Trinajstić information content (AvgIpc) is 2.62. The molecule has 2 aliphatic carbocycles. The van der Waals surface area contributed by atoms with E-state index >= 15 is 0 Å². The van der Waals surface area contributed by atoms with Gasteiger partial charge in [0.1, 0.15) is 0 Å². The lowest BCUT2D eigenvalue weighted by Crippen LogP contribution is -2.36. The first kappa shape index (κ1) is 10.8. The monoisotopic (exact) mass is 222 g/mol. The predicted octanol–water partition coefficient (Wildman–Crippen LogP) is 2.99. The summed E-state index contributed by atoms with van der Waals surface area (Å²) in [7, 11) is 1.71. The molecule has 90 valence electrons. The first-order valence-corrected chi connectivity index (χ1v) is 6.29. The highest BCUT2D eigenvalue weighted by atomic mass is 16.7. The molecule has 0 aromatic heterocycles. The molecule has 0 amide bonds. The molecule has 2 nitrogen and oxygen atoms in total. The molecule has 2 saturated carbocycles. The molecule has 0 bridgehead atoms. The van der Waals surface area contributed by atoms with Crippen molar-refractivity contribution in [2.45, 2.75) is 45.5 Å². The lowest BCUT2D eigenvalue weighted by molar-refractivity contribution is -0.153. The van der Waals surface area contributed by atoms with Crippen LogP contribution in [-0.4, -0.2) is 19.0 Å². The lowest BCUT2D eigenvalue weighted by Gasteiger charge is -2.34. The van der Waals surface area contributed by atoms with E-state index in [2.05, 4.69) is 27.4 Å². The zero-order valence-corrected chi connectivity index (χ0v) is 10.7. The second-order valence-corrected chi connectivity index (χ2v) is 6.60. The maximum atomic E-state index is 6.08. The molecule has 16 heavy (non-hydrogen) atoms. The molecule has 1 aliphatic heterocycles. The van der Waals surface area contributed by atoms with E-state index in [0.29, 0.717) is 11.3 Å². The van der Waals surface area contributed by atoms with Gasteiger partial charge in [-0.1, -0.05) is 20.4 Å². The Kier molecular flexibility index (Phi) is 1.96. The first-order valence-electron chi connectivity index (χ1n) is 6.29. The number of fused-ring (bicyclic) bond motifs is 2. The fraction of sp³-hybridized carbons (Fsp3) is 0.857. The van der Waals surface area contributed by atoms with Crippen molar-refractivity contribution in [1.29, 1.82) is 0 Å². The molecule has 0 aromatic carbocycles. The molecule has 2 heteroatoms. The first-order chi connectivity index (χ1) is 7.40. The van der Waals surface area contributed by atoms with Crippen LogP contribution in [0.3, 0.4) is 0 Å². The van der Waals surface area contributed by atoms with Gasteiger partial charge in [-0.2, -0.15) is 0 Å². The Morgan fingerprint density at radius 1 is 1.31 bits per heavy atom. The van der Waals surface area contributed by atoms with Gasteiger partial charge in [-0.15, -0.1) is 0 Å². The number of hydrogen-bond acceptors (Lipinski definition) is 2. The Hall–Kier alpha value is -0.340. The van der Waals surface area contributed by atoms with Gasteiger partial charge in [0.2, 0.25) is 0 Å². The predicted molar refractivity (Wildman–Crippen MR) is 62.9 cm³/mol. The third-order valence-corrected chi connectivity index (χ3v) is 5.48. The summed E-state index contributed by atoms with van der Waals surface area (Å²) in [5, 5.41) is 0. The summed E-state index contributed by atoms with van der Waals surface area (Å²) in [5.41, 5.74) is 1.66. The zero-order chi connectivity index (χ0) is 11.7. The summed E-state index contributed by atoms with van der Waals surface area (Å²) < 4.78 is 11.4. The quantitative estimate of drug-likeness (QED) is 0.635. The van der Waals surface area contributed by atoms with Crippen LogP contribution in [0.1, 0.15) is 33.6 Å². The van der Waals surface area contributed by atoms with Crippen molar-refractivity contribution in [2.75, 3.05) is 7.11 Å². The van der Waals surface area contributed by atoms with Gasteiger partial charge in [-0.25, -0.2) is 0 Å². The molecule has 0 N–H and O–H groups in total. The number of hydrogen-bond donors (Lipinski definition) is 0. The second-order valence-electron chi connectivity index (χ2n) is 6.60. The van der Waals surface area contributed by atoms with Crippen molar-refractivity contribution >= 4 is 0 Å². The molecule has 0 radical (unpaired) electrons. The minimum absolute atomic E-state index is 0.0211. The summed E-state index contributed by atoms with van der Waals surface area (Å²) in [6, 6.07) is 0. The van der Waals surface area contributed by atoms with E-state index in [1.54, 1.807) is 7.11 Å². The summed E-state index contributed by atoms with van der Waals surface area (Å²) >= 11 is 0. The molecule has 3 rings (SSSR count). The lowest BCUT2D eigenvalue weighted by atomic mass is 9.75. The Bertz CT molecular complexity index is 347. The van der Waals surface area contributed by atoms with Crippen molar-refractivity contribution in [2.24, 2.45) is 23.2 Å². The summed E-state index contributed by atoms with van der Waals surface area (Å²) in [5.74, 6) is 2.22. The van der Waals surface area contributed by atoms with Crippen molar-refractivity contribution in [3.05, 3.63) is 12.2 Å². The van der Waals surface area contributed by atoms with Crippen LogP contribution in [0.5, 0.6) is 0 Å². The zero-order valence-electron chi connectivity index (χ0n) is 10.7. The summed E-state index contributed by atoms with van der Waals surface area (Å²) in [6.07, 6.45) is 2.25. The Morgan fingerprint density at radius 2 is 2.00 bits per heavy atom. The maximum Gasteiger partial charge on any atom is 0.180 e. The van der Waals surface area contributed by atoms with Gasteiger partial charge in [0.05, 0.1) is 5.60 Å². The van der Waals surface area contributed by atoms with Crippen LogP contribution in [0.2, 0.25) is 0 Å². The minimum atomic E-state index is -0.171. The number of ether oxygens (including phenoxy) is 2. The van der Waals surface area contributed by atoms with Gasteiger partial charge in [0.15, 0.2) is 6.29 Å². The highest BCUT2D eigenvalue weighted by Gasteiger charge is 2.67. The second kappa shape index (κ2) is 2.91. The minimum Gasteiger partial charge on any atom is -0.352 e. The van der Waals surface area contributed by atoms with E-state index in [9.17, 15) is 0 Å². The average molecular weight is 222 g/mol. The molecule has 0 spiro atoms. The number of rotatable bonds is 1. The van der Waals surface area contributed by atoms with Gasteiger partial charge >= 0.3 is 0 Å². The van der Waals surface area contributed by atoms with Gasteiger partial charge in [-0.3, -0.25) is 0 Å². The van der Waals surface area contributed by atoms with E-state index in [1.807, 2.05) is 0 Å². The highest BCUT2D eigenvalue weighted by molar-refractivity contribution is 5.24. The van der Waals surface area contributed by atoms with E-state index in [-0.39, 0.29) is 11.9 Å². The van der Waals surface area contributed by atoms with Gasteiger partial charge < -0.3 is 9.47 Å². The molecule has 5 atom stereocenters. The van der Waals surface area contributed by atoms with Gasteiger partial charge in [0.25, 0.3) is 0 Å². The van der Waals surface area contributed by atoms with Crippen LogP contribution in [0, 0.1) is 23.2 Å². The molecular weight excluding hydrogens is 200 g/mol. The fourth-order valence-corrected chi connectivity index (χ4v) is 4.17. The highest BCUT2D eigenvalue weighted by Crippen LogP contribution is 2.70. The van der Waals surface area contributed by atoms with Gasteiger partial charge in [-0.05, 0) is 42.6 Å². The Balaban J connectivity index is 1.86. The fourth-order valence-electron chi connectivity index (χ4n) is 4.17. The third-order valence-electron chi connectivity index (χ3n) is 5.48. The molecule has 3 fully saturated rings. The topological polar surface area (TPSA) is 18.5 Å². The smallest absolute Gasteiger partial charge is 0.180 e. The Labute approximate surface area is 98.0 Å². The van der Waals surface area contributed by atoms with Crippen molar-refractivity contribution in [1.82, 2.24) is 0 Å². The van der Waals surface area contributed by atoms with Crippen LogP contribution >= 0.6 is 0 Å². The van der Waals surface area contributed by atoms with Gasteiger partial charge in [0, 0.05) is 13.0 Å². The van der Waals surface area contributed by atoms with Crippen molar-refractivity contribution < 1.29 is 9.47 Å². The Morgan fingerprint density at radius 3 is 2.62 bits per heavy atom. The van der Waals surface area contributed by atoms with E-state index in [0.717, 1.165) is 17.4 Å². The van der Waals surface area contributed by atoms with Crippen LogP contribution in [0.15, 0.2) is 12.2 Å². The molecule has 3 aliphatic rings. The molecule has 0 aromatic rings. The molecule has 1 heterocycles. The van der Waals surface area contributed by atoms with E-state index in [4.69, 9.17) is 9.47 Å². The molecule has 2 unspecified atom stereocenters. The normalized spacial score (nSPS) is 53.4. The largest absolute Gasteiger partial charge is 0.352 e. The third kappa shape index (κ3) is 1.15. The van der Waals surface area contributed by atoms with Crippen molar-refractivity contribution in [3.63, 3.8) is 0 Å². The SMILES string of the molecule is C=C1C(OC)O[C@@]2(C)C[C@@H]3[C@H](CC12)C3(C)C. The summed E-state index contributed by atoms with van der Waals surface area (Å²) in [4.78, 5) is 0. The molecular formula is C14H22O2. The van der Waals surface area contributed by atoms with E-state index < -0.39 is 0 Å². The number of methoxy groups -OCH3 is 1. The molecule has 1 saturated heterocycles. The maximum absolute atomic E-state index is 6.08. The van der Waals surface area contributed by atoms with Crippen LogP contribution in [0.4, 0.5) is 0 Å². The van der Waals surface area contributed by atoms with Crippen molar-refractivity contribution in [3.8, 4) is 0 Å². The van der Waals surface area contributed by atoms with Crippen LogP contribution in [0.25, 0.3) is 0 Å². The summed E-state index contributed by atoms with van der Waals surface area (Å²) in [6.45, 7) is 11.2.